The van der Waals surface area contributed by atoms with Crippen LogP contribution >= 0.6 is 0 Å². The van der Waals surface area contributed by atoms with Crippen LogP contribution in [0.5, 0.6) is 0 Å². The molecule has 2 saturated heterocycles. The summed E-state index contributed by atoms with van der Waals surface area (Å²) in [6.07, 6.45) is 3.44. The van der Waals surface area contributed by atoms with Gasteiger partial charge in [0.2, 0.25) is 17.8 Å². The van der Waals surface area contributed by atoms with Crippen LogP contribution in [0.25, 0.3) is 11.3 Å². The number of hydrogen-bond donors (Lipinski definition) is 2. The summed E-state index contributed by atoms with van der Waals surface area (Å²) < 4.78 is 0. The molecule has 0 atom stereocenters. The number of carbonyl (C=O) groups excluding carboxylic acids is 2. The fourth-order valence-electron chi connectivity index (χ4n) is 4.39. The standard InChI is InChI=1S/C24H34N8O2/c1-18-3-5-19(6-4-18)21-15-26-29-24(28-21)32-13-11-31(12-14-32)17-23(34)27-20-7-9-30(10-8-20)16-22(33)25-2/h3-6,15,20H,7-14,16-17H2,1-2H3,(H,25,33)(H,27,34). The second-order valence-electron chi connectivity index (χ2n) is 9.06. The molecule has 2 amide bonds. The van der Waals surface area contributed by atoms with Crippen molar-refractivity contribution >= 4 is 17.8 Å². The zero-order valence-corrected chi connectivity index (χ0v) is 20.0. The number of piperidine rings is 1. The van der Waals surface area contributed by atoms with Crippen molar-refractivity contribution in [2.45, 2.75) is 25.8 Å². The summed E-state index contributed by atoms with van der Waals surface area (Å²) in [5, 5.41) is 14.2. The first-order chi connectivity index (χ1) is 16.5. The van der Waals surface area contributed by atoms with E-state index in [0.717, 1.165) is 63.4 Å². The number of likely N-dealkylation sites (N-methyl/N-ethyl adjacent to an activating group) is 1. The maximum Gasteiger partial charge on any atom is 0.245 e. The molecule has 0 spiro atoms. The fourth-order valence-corrected chi connectivity index (χ4v) is 4.39. The van der Waals surface area contributed by atoms with Crippen LogP contribution in [0.2, 0.25) is 0 Å². The van der Waals surface area contributed by atoms with Crippen LogP contribution in [0.15, 0.2) is 30.5 Å². The van der Waals surface area contributed by atoms with Gasteiger partial charge >= 0.3 is 0 Å². The lowest BCUT2D eigenvalue weighted by molar-refractivity contribution is -0.124. The number of rotatable bonds is 7. The van der Waals surface area contributed by atoms with E-state index in [1.807, 2.05) is 12.1 Å². The smallest absolute Gasteiger partial charge is 0.245 e. The molecular formula is C24H34N8O2. The van der Waals surface area contributed by atoms with Crippen molar-refractivity contribution in [2.24, 2.45) is 0 Å². The average molecular weight is 467 g/mol. The van der Waals surface area contributed by atoms with Crippen molar-refractivity contribution in [2.75, 3.05) is 64.3 Å². The van der Waals surface area contributed by atoms with Gasteiger partial charge in [-0.05, 0) is 19.8 Å². The van der Waals surface area contributed by atoms with Gasteiger partial charge in [0.15, 0.2) is 0 Å². The maximum absolute atomic E-state index is 12.6. The third-order valence-corrected chi connectivity index (χ3v) is 6.52. The van der Waals surface area contributed by atoms with E-state index in [4.69, 9.17) is 4.98 Å². The van der Waals surface area contributed by atoms with E-state index in [-0.39, 0.29) is 17.9 Å². The molecule has 182 valence electrons. The number of carbonyl (C=O) groups is 2. The SMILES string of the molecule is CNC(=O)CN1CCC(NC(=O)CN2CCN(c3nncc(-c4ccc(C)cc4)n3)CC2)CC1. The van der Waals surface area contributed by atoms with E-state index in [9.17, 15) is 9.59 Å². The van der Waals surface area contributed by atoms with Crippen molar-refractivity contribution in [1.82, 2.24) is 35.6 Å². The number of anilines is 1. The fraction of sp³-hybridized carbons (Fsp3) is 0.542. The molecule has 2 N–H and O–H groups in total. The first-order valence-electron chi connectivity index (χ1n) is 12.0. The summed E-state index contributed by atoms with van der Waals surface area (Å²) in [6, 6.07) is 8.40. The van der Waals surface area contributed by atoms with Gasteiger partial charge in [-0.15, -0.1) is 5.10 Å². The number of benzene rings is 1. The first kappa shape index (κ1) is 24.0. The number of amides is 2. The minimum absolute atomic E-state index is 0.0321. The zero-order chi connectivity index (χ0) is 23.9. The minimum atomic E-state index is 0.0321. The number of nitrogens with one attached hydrogen (secondary N) is 2. The summed E-state index contributed by atoms with van der Waals surface area (Å²) in [7, 11) is 1.65. The van der Waals surface area contributed by atoms with E-state index in [2.05, 4.69) is 54.6 Å². The number of aromatic nitrogens is 3. The van der Waals surface area contributed by atoms with E-state index >= 15 is 0 Å². The van der Waals surface area contributed by atoms with Crippen LogP contribution in [0.1, 0.15) is 18.4 Å². The third-order valence-electron chi connectivity index (χ3n) is 6.52. The minimum Gasteiger partial charge on any atom is -0.358 e. The summed E-state index contributed by atoms with van der Waals surface area (Å²) in [5.41, 5.74) is 3.04. The van der Waals surface area contributed by atoms with Gasteiger partial charge in [0.1, 0.15) is 0 Å². The van der Waals surface area contributed by atoms with Gasteiger partial charge in [-0.3, -0.25) is 19.4 Å². The van der Waals surface area contributed by atoms with Crippen LogP contribution in [0, 0.1) is 6.92 Å². The molecule has 2 fully saturated rings. The van der Waals surface area contributed by atoms with Gasteiger partial charge in [0, 0.05) is 57.9 Å². The van der Waals surface area contributed by atoms with Gasteiger partial charge < -0.3 is 15.5 Å². The molecule has 10 nitrogen and oxygen atoms in total. The predicted molar refractivity (Wildman–Crippen MR) is 130 cm³/mol. The molecule has 2 aromatic rings. The lowest BCUT2D eigenvalue weighted by atomic mass is 10.0. The molecule has 0 aliphatic carbocycles. The van der Waals surface area contributed by atoms with E-state index in [1.54, 1.807) is 13.2 Å². The zero-order valence-electron chi connectivity index (χ0n) is 20.0. The van der Waals surface area contributed by atoms with Gasteiger partial charge in [0.25, 0.3) is 0 Å². The molecule has 2 aliphatic rings. The third kappa shape index (κ3) is 6.48. The number of nitrogens with zero attached hydrogens (tertiary/aromatic N) is 6. The Labute approximate surface area is 200 Å². The monoisotopic (exact) mass is 466 g/mol. The topological polar surface area (TPSA) is 107 Å². The molecule has 1 aromatic carbocycles. The lowest BCUT2D eigenvalue weighted by Gasteiger charge is -2.35. The Morgan fingerprint density at radius 2 is 1.59 bits per heavy atom. The quantitative estimate of drug-likeness (QED) is 0.600. The molecule has 4 rings (SSSR count). The van der Waals surface area contributed by atoms with Crippen molar-refractivity contribution in [3.05, 3.63) is 36.0 Å². The molecule has 10 heteroatoms. The predicted octanol–water partition coefficient (Wildman–Crippen LogP) is 0.296. The number of aryl methyl sites for hydroxylation is 1. The Kier molecular flexibility index (Phi) is 8.02. The number of likely N-dealkylation sites (tertiary alicyclic amines) is 1. The molecule has 0 saturated carbocycles. The van der Waals surface area contributed by atoms with Crippen molar-refractivity contribution < 1.29 is 9.59 Å². The molecular weight excluding hydrogens is 432 g/mol. The molecule has 3 heterocycles. The van der Waals surface area contributed by atoms with Gasteiger partial charge in [-0.2, -0.15) is 5.10 Å². The second-order valence-corrected chi connectivity index (χ2v) is 9.06. The van der Waals surface area contributed by atoms with E-state index in [1.165, 1.54) is 5.56 Å². The molecule has 34 heavy (non-hydrogen) atoms. The Morgan fingerprint density at radius 3 is 2.26 bits per heavy atom. The van der Waals surface area contributed by atoms with Crippen LogP contribution in [-0.2, 0) is 9.59 Å². The lowest BCUT2D eigenvalue weighted by Crippen LogP contribution is -2.52. The highest BCUT2D eigenvalue weighted by molar-refractivity contribution is 5.78. The highest BCUT2D eigenvalue weighted by atomic mass is 16.2. The van der Waals surface area contributed by atoms with Crippen LogP contribution < -0.4 is 15.5 Å². The molecule has 1 aromatic heterocycles. The van der Waals surface area contributed by atoms with Crippen molar-refractivity contribution in [1.29, 1.82) is 0 Å². The van der Waals surface area contributed by atoms with Gasteiger partial charge in [0.05, 0.1) is 25.0 Å². The number of piperazine rings is 1. The number of hydrogen-bond acceptors (Lipinski definition) is 8. The average Bonchev–Trinajstić information content (AvgIpc) is 2.86. The molecule has 0 bridgehead atoms. The maximum atomic E-state index is 12.6. The normalized spacial score (nSPS) is 18.0. The van der Waals surface area contributed by atoms with Crippen molar-refractivity contribution in [3.63, 3.8) is 0 Å². The Morgan fingerprint density at radius 1 is 0.941 bits per heavy atom. The summed E-state index contributed by atoms with van der Waals surface area (Å²) >= 11 is 0. The van der Waals surface area contributed by atoms with E-state index < -0.39 is 0 Å². The summed E-state index contributed by atoms with van der Waals surface area (Å²) in [5.74, 6) is 0.730. The molecule has 0 radical (unpaired) electrons. The van der Waals surface area contributed by atoms with Crippen LogP contribution in [-0.4, -0.2) is 102 Å². The highest BCUT2D eigenvalue weighted by Crippen LogP contribution is 2.19. The first-order valence-corrected chi connectivity index (χ1v) is 12.0. The van der Waals surface area contributed by atoms with Crippen LogP contribution in [0.3, 0.4) is 0 Å². The Balaban J connectivity index is 1.21. The van der Waals surface area contributed by atoms with Crippen molar-refractivity contribution in [3.8, 4) is 11.3 Å². The Hall–Kier alpha value is -3.11. The van der Waals surface area contributed by atoms with Crippen LogP contribution in [0.4, 0.5) is 5.95 Å². The summed E-state index contributed by atoms with van der Waals surface area (Å²) in [4.78, 5) is 35.2. The second kappa shape index (κ2) is 11.3. The highest BCUT2D eigenvalue weighted by Gasteiger charge is 2.24. The Bertz CT molecular complexity index is 967. The van der Waals surface area contributed by atoms with Gasteiger partial charge in [-0.1, -0.05) is 29.8 Å². The summed E-state index contributed by atoms with van der Waals surface area (Å²) in [6.45, 7) is 7.59. The van der Waals surface area contributed by atoms with E-state index in [0.29, 0.717) is 19.0 Å². The molecule has 0 unspecified atom stereocenters. The molecule has 2 aliphatic heterocycles. The van der Waals surface area contributed by atoms with Gasteiger partial charge in [-0.25, -0.2) is 4.98 Å². The largest absolute Gasteiger partial charge is 0.358 e.